The summed E-state index contributed by atoms with van der Waals surface area (Å²) in [5.41, 5.74) is 2.23. The van der Waals surface area contributed by atoms with Gasteiger partial charge in [-0.1, -0.05) is 12.1 Å². The number of nitrogens with one attached hydrogen (secondary N) is 1. The summed E-state index contributed by atoms with van der Waals surface area (Å²) in [4.78, 5) is 19.4. The van der Waals surface area contributed by atoms with Crippen molar-refractivity contribution in [1.82, 2.24) is 20.1 Å². The fraction of sp³-hybridized carbons (Fsp3) is 0.350. The molecule has 0 unspecified atom stereocenters. The highest BCUT2D eigenvalue weighted by Crippen LogP contribution is 2.24. The van der Waals surface area contributed by atoms with Crippen molar-refractivity contribution in [3.63, 3.8) is 0 Å². The van der Waals surface area contributed by atoms with Crippen LogP contribution >= 0.6 is 11.3 Å². The van der Waals surface area contributed by atoms with E-state index in [0.29, 0.717) is 5.69 Å². The molecule has 1 aromatic carbocycles. The van der Waals surface area contributed by atoms with Gasteiger partial charge in [0.1, 0.15) is 11.4 Å². The minimum atomic E-state index is -0.0863. The third-order valence-electron chi connectivity index (χ3n) is 5.00. The molecule has 2 aromatic heterocycles. The third kappa shape index (κ3) is 3.87. The molecule has 0 aliphatic carbocycles. The number of carbonyl (C=O) groups is 1. The first-order chi connectivity index (χ1) is 13.6. The van der Waals surface area contributed by atoms with E-state index in [1.807, 2.05) is 41.9 Å². The van der Waals surface area contributed by atoms with E-state index in [1.54, 1.807) is 30.2 Å². The van der Waals surface area contributed by atoms with Crippen molar-refractivity contribution < 1.29 is 9.53 Å². The minimum Gasteiger partial charge on any atom is -0.497 e. The Morgan fingerprint density at radius 3 is 2.82 bits per heavy atom. The lowest BCUT2D eigenvalue weighted by Gasteiger charge is -2.32. The molecule has 4 rings (SSSR count). The molecule has 0 saturated carbocycles. The van der Waals surface area contributed by atoms with Crippen molar-refractivity contribution in [1.29, 1.82) is 0 Å². The van der Waals surface area contributed by atoms with Crippen LogP contribution in [0.15, 0.2) is 41.9 Å². The number of methoxy groups -OCH3 is 1. The number of hydrogen-bond acceptors (Lipinski definition) is 6. The van der Waals surface area contributed by atoms with Crippen molar-refractivity contribution in [2.45, 2.75) is 18.9 Å². The average Bonchev–Trinajstić information content (AvgIpc) is 3.38. The van der Waals surface area contributed by atoms with Crippen LogP contribution in [0.25, 0.3) is 11.3 Å². The lowest BCUT2D eigenvalue weighted by molar-refractivity contribution is 0.0921. The van der Waals surface area contributed by atoms with Gasteiger partial charge in [-0.2, -0.15) is 5.10 Å². The Labute approximate surface area is 168 Å². The molecule has 0 bridgehead atoms. The molecule has 3 aromatic rings. The molecule has 1 amide bonds. The highest BCUT2D eigenvalue weighted by molar-refractivity contribution is 7.13. The van der Waals surface area contributed by atoms with Crippen LogP contribution in [0.4, 0.5) is 5.13 Å². The van der Waals surface area contributed by atoms with Crippen LogP contribution < -0.4 is 15.0 Å². The number of thiazole rings is 1. The summed E-state index contributed by atoms with van der Waals surface area (Å²) in [6.07, 6.45) is 3.65. The largest absolute Gasteiger partial charge is 0.497 e. The van der Waals surface area contributed by atoms with Gasteiger partial charge in [-0.05, 0) is 31.0 Å². The van der Waals surface area contributed by atoms with Crippen molar-refractivity contribution in [2.75, 3.05) is 25.1 Å². The molecule has 0 radical (unpaired) electrons. The van der Waals surface area contributed by atoms with E-state index < -0.39 is 0 Å². The van der Waals surface area contributed by atoms with Crippen molar-refractivity contribution in [3.8, 4) is 17.0 Å². The summed E-state index contributed by atoms with van der Waals surface area (Å²) < 4.78 is 6.91. The van der Waals surface area contributed by atoms with Crippen LogP contribution in [0, 0.1) is 0 Å². The number of aromatic nitrogens is 3. The zero-order valence-electron chi connectivity index (χ0n) is 16.0. The summed E-state index contributed by atoms with van der Waals surface area (Å²) in [6.45, 7) is 1.80. The number of carbonyl (C=O) groups excluding carboxylic acids is 1. The molecule has 3 heterocycles. The Kier molecular flexibility index (Phi) is 5.29. The Balaban J connectivity index is 1.41. The number of rotatable bonds is 5. The Morgan fingerprint density at radius 1 is 1.29 bits per heavy atom. The standard InChI is InChI=1S/C20H23N5O2S/c1-24-18(13-17(23-24)14-4-3-5-16(12-14)27-2)19(26)22-15-6-9-25(10-7-15)20-21-8-11-28-20/h3-5,8,11-13,15H,6-7,9-10H2,1-2H3,(H,22,26). The minimum absolute atomic E-state index is 0.0863. The number of piperidine rings is 1. The summed E-state index contributed by atoms with van der Waals surface area (Å²) in [6, 6.07) is 9.67. The molecular weight excluding hydrogens is 374 g/mol. The Bertz CT molecular complexity index is 945. The van der Waals surface area contributed by atoms with Gasteiger partial charge in [0.25, 0.3) is 5.91 Å². The number of hydrogen-bond donors (Lipinski definition) is 1. The lowest BCUT2D eigenvalue weighted by atomic mass is 10.1. The SMILES string of the molecule is COc1cccc(-c2cc(C(=O)NC3CCN(c4nccs4)CC3)n(C)n2)c1. The van der Waals surface area contributed by atoms with E-state index in [2.05, 4.69) is 20.3 Å². The first-order valence-corrected chi connectivity index (χ1v) is 10.2. The van der Waals surface area contributed by atoms with E-state index >= 15 is 0 Å². The second-order valence-corrected chi connectivity index (χ2v) is 7.69. The van der Waals surface area contributed by atoms with Gasteiger partial charge in [-0.25, -0.2) is 4.98 Å². The molecule has 146 valence electrons. The average molecular weight is 398 g/mol. The number of nitrogens with zero attached hydrogens (tertiary/aromatic N) is 4. The molecule has 0 spiro atoms. The summed E-state index contributed by atoms with van der Waals surface area (Å²) >= 11 is 1.65. The Hall–Kier alpha value is -2.87. The maximum atomic E-state index is 12.8. The van der Waals surface area contributed by atoms with Gasteiger partial charge in [0.2, 0.25) is 0 Å². The number of amides is 1. The monoisotopic (exact) mass is 397 g/mol. The predicted molar refractivity (Wildman–Crippen MR) is 110 cm³/mol. The van der Waals surface area contributed by atoms with Gasteiger partial charge >= 0.3 is 0 Å². The fourth-order valence-electron chi connectivity index (χ4n) is 3.45. The lowest BCUT2D eigenvalue weighted by Crippen LogP contribution is -2.45. The molecule has 1 saturated heterocycles. The zero-order valence-corrected chi connectivity index (χ0v) is 16.8. The van der Waals surface area contributed by atoms with Gasteiger partial charge in [0.15, 0.2) is 5.13 Å². The summed E-state index contributed by atoms with van der Waals surface area (Å²) in [5, 5.41) is 10.7. The maximum Gasteiger partial charge on any atom is 0.269 e. The quantitative estimate of drug-likeness (QED) is 0.717. The van der Waals surface area contributed by atoms with Crippen molar-refractivity contribution in [3.05, 3.63) is 47.6 Å². The van der Waals surface area contributed by atoms with Gasteiger partial charge in [-0.15, -0.1) is 11.3 Å². The molecule has 1 aliphatic heterocycles. The van der Waals surface area contributed by atoms with Crippen LogP contribution in [-0.4, -0.2) is 46.9 Å². The van der Waals surface area contributed by atoms with E-state index in [1.165, 1.54) is 0 Å². The highest BCUT2D eigenvalue weighted by Gasteiger charge is 2.24. The molecule has 1 aliphatic rings. The van der Waals surface area contributed by atoms with Crippen LogP contribution in [0.3, 0.4) is 0 Å². The Morgan fingerprint density at radius 2 is 2.11 bits per heavy atom. The fourth-order valence-corrected chi connectivity index (χ4v) is 4.15. The highest BCUT2D eigenvalue weighted by atomic mass is 32.1. The van der Waals surface area contributed by atoms with Crippen molar-refractivity contribution >= 4 is 22.4 Å². The van der Waals surface area contributed by atoms with Crippen LogP contribution in [-0.2, 0) is 7.05 Å². The molecule has 0 atom stereocenters. The molecular formula is C20H23N5O2S. The van der Waals surface area contributed by atoms with E-state index in [9.17, 15) is 4.79 Å². The van der Waals surface area contributed by atoms with E-state index in [0.717, 1.165) is 48.1 Å². The predicted octanol–water partition coefficient (Wildman–Crippen LogP) is 2.95. The second-order valence-electron chi connectivity index (χ2n) is 6.82. The number of benzene rings is 1. The maximum absolute atomic E-state index is 12.8. The topological polar surface area (TPSA) is 72.3 Å². The molecule has 8 heteroatoms. The van der Waals surface area contributed by atoms with Crippen molar-refractivity contribution in [2.24, 2.45) is 7.05 Å². The van der Waals surface area contributed by atoms with Gasteiger partial charge < -0.3 is 15.0 Å². The molecule has 1 fully saturated rings. The van der Waals surface area contributed by atoms with Crippen LogP contribution in [0.5, 0.6) is 5.75 Å². The molecule has 1 N–H and O–H groups in total. The second kappa shape index (κ2) is 8.02. The number of ether oxygens (including phenoxy) is 1. The van der Waals surface area contributed by atoms with Crippen LogP contribution in [0.2, 0.25) is 0 Å². The number of anilines is 1. The normalized spacial score (nSPS) is 14.9. The van der Waals surface area contributed by atoms with Gasteiger partial charge in [-0.3, -0.25) is 9.48 Å². The summed E-state index contributed by atoms with van der Waals surface area (Å²) in [7, 11) is 3.43. The number of aryl methyl sites for hydroxylation is 1. The van der Waals surface area contributed by atoms with E-state index in [4.69, 9.17) is 4.74 Å². The van der Waals surface area contributed by atoms with Gasteiger partial charge in [0.05, 0.1) is 12.8 Å². The first-order valence-electron chi connectivity index (χ1n) is 9.28. The molecule has 7 nitrogen and oxygen atoms in total. The van der Waals surface area contributed by atoms with Crippen LogP contribution in [0.1, 0.15) is 23.3 Å². The van der Waals surface area contributed by atoms with E-state index in [-0.39, 0.29) is 11.9 Å². The molecule has 28 heavy (non-hydrogen) atoms. The zero-order chi connectivity index (χ0) is 19.5. The first kappa shape index (κ1) is 18.5. The van der Waals surface area contributed by atoms with Gasteiger partial charge in [0, 0.05) is 43.3 Å². The smallest absolute Gasteiger partial charge is 0.269 e. The summed E-state index contributed by atoms with van der Waals surface area (Å²) in [5.74, 6) is 0.679. The third-order valence-corrected chi connectivity index (χ3v) is 5.83.